The lowest BCUT2D eigenvalue weighted by Crippen LogP contribution is -2.36. The summed E-state index contributed by atoms with van der Waals surface area (Å²) in [5.41, 5.74) is 0.755. The highest BCUT2D eigenvalue weighted by atomic mass is 16.5. The molecule has 0 bridgehead atoms. The highest BCUT2D eigenvalue weighted by Crippen LogP contribution is 2.31. The summed E-state index contributed by atoms with van der Waals surface area (Å²) in [6.45, 7) is 6.13. The van der Waals surface area contributed by atoms with Crippen molar-refractivity contribution < 1.29 is 18.8 Å². The van der Waals surface area contributed by atoms with E-state index in [4.69, 9.17) is 14.0 Å². The third kappa shape index (κ3) is 4.95. The number of methoxy groups -OCH3 is 2. The Kier molecular flexibility index (Phi) is 6.38. The summed E-state index contributed by atoms with van der Waals surface area (Å²) < 4.78 is 15.7. The Hall–Kier alpha value is -2.57. The second kappa shape index (κ2) is 8.50. The van der Waals surface area contributed by atoms with Gasteiger partial charge in [-0.15, -0.1) is 0 Å². The molecule has 0 saturated heterocycles. The minimum atomic E-state index is -0.0212. The molecular weight excluding hydrogens is 322 g/mol. The molecule has 1 N–H and O–H groups in total. The number of amides is 1. The van der Waals surface area contributed by atoms with E-state index in [0.29, 0.717) is 42.0 Å². The lowest BCUT2D eigenvalue weighted by Gasteiger charge is -2.16. The summed E-state index contributed by atoms with van der Waals surface area (Å²) in [6.07, 6.45) is 0.710. The molecule has 1 unspecified atom stereocenters. The summed E-state index contributed by atoms with van der Waals surface area (Å²) >= 11 is 0. The maximum Gasteiger partial charge on any atom is 0.227 e. The van der Waals surface area contributed by atoms with E-state index in [1.165, 1.54) is 0 Å². The van der Waals surface area contributed by atoms with Gasteiger partial charge in [0.15, 0.2) is 11.5 Å². The van der Waals surface area contributed by atoms with Gasteiger partial charge in [0, 0.05) is 24.4 Å². The summed E-state index contributed by atoms with van der Waals surface area (Å²) in [7, 11) is 3.15. The van der Waals surface area contributed by atoms with Gasteiger partial charge in [-0.05, 0) is 31.0 Å². The van der Waals surface area contributed by atoms with Crippen molar-refractivity contribution in [3.8, 4) is 22.9 Å². The number of ether oxygens (including phenoxy) is 2. The zero-order valence-corrected chi connectivity index (χ0v) is 15.3. The number of nitrogens with zero attached hydrogens (tertiary/aromatic N) is 2. The Labute approximate surface area is 147 Å². The fraction of sp³-hybridized carbons (Fsp3) is 0.500. The molecule has 0 fully saturated rings. The Bertz CT molecular complexity index is 712. The zero-order chi connectivity index (χ0) is 18.4. The predicted molar refractivity (Wildman–Crippen MR) is 93.6 cm³/mol. The predicted octanol–water partition coefficient (Wildman–Crippen LogP) is 2.85. The quantitative estimate of drug-likeness (QED) is 0.790. The standard InChI is InChI=1S/C18H25N3O4/c1-11(2)12(3)19-16(22)8-9-17-20-18(21-25-17)13-6-7-14(23-4)15(10-13)24-5/h6-7,10-12H,8-9H2,1-5H3,(H,19,22). The van der Waals surface area contributed by atoms with Gasteiger partial charge in [0.2, 0.25) is 17.6 Å². The molecule has 0 radical (unpaired) electrons. The number of aromatic nitrogens is 2. The van der Waals surface area contributed by atoms with E-state index in [1.807, 2.05) is 13.0 Å². The van der Waals surface area contributed by atoms with Gasteiger partial charge in [-0.1, -0.05) is 19.0 Å². The van der Waals surface area contributed by atoms with Crippen molar-refractivity contribution in [2.75, 3.05) is 14.2 Å². The molecule has 2 rings (SSSR count). The fourth-order valence-corrected chi connectivity index (χ4v) is 2.16. The molecule has 136 valence electrons. The van der Waals surface area contributed by atoms with Crippen molar-refractivity contribution in [2.24, 2.45) is 5.92 Å². The molecule has 0 aliphatic heterocycles. The number of carbonyl (C=O) groups excluding carboxylic acids is 1. The van der Waals surface area contributed by atoms with Crippen LogP contribution < -0.4 is 14.8 Å². The molecule has 25 heavy (non-hydrogen) atoms. The zero-order valence-electron chi connectivity index (χ0n) is 15.3. The highest BCUT2D eigenvalue weighted by Gasteiger charge is 2.15. The van der Waals surface area contributed by atoms with Gasteiger partial charge in [0.1, 0.15) is 0 Å². The van der Waals surface area contributed by atoms with Crippen molar-refractivity contribution >= 4 is 5.91 Å². The molecule has 2 aromatic rings. The molecule has 1 aromatic carbocycles. The molecule has 1 atom stereocenters. The Morgan fingerprint density at radius 2 is 1.92 bits per heavy atom. The van der Waals surface area contributed by atoms with Gasteiger partial charge in [-0.2, -0.15) is 4.98 Å². The van der Waals surface area contributed by atoms with E-state index in [1.54, 1.807) is 26.4 Å². The van der Waals surface area contributed by atoms with E-state index in [9.17, 15) is 4.79 Å². The molecule has 0 saturated carbocycles. The van der Waals surface area contributed by atoms with Crippen LogP contribution in [0.15, 0.2) is 22.7 Å². The van der Waals surface area contributed by atoms with Crippen molar-refractivity contribution in [1.82, 2.24) is 15.5 Å². The number of nitrogens with one attached hydrogen (secondary N) is 1. The van der Waals surface area contributed by atoms with Crippen molar-refractivity contribution in [1.29, 1.82) is 0 Å². The van der Waals surface area contributed by atoms with Crippen molar-refractivity contribution in [3.05, 3.63) is 24.1 Å². The molecule has 0 aliphatic carbocycles. The summed E-state index contributed by atoms with van der Waals surface area (Å²) in [5, 5.41) is 6.93. The molecular formula is C18H25N3O4. The van der Waals surface area contributed by atoms with Gasteiger partial charge in [0.25, 0.3) is 0 Å². The third-order valence-electron chi connectivity index (χ3n) is 4.06. The first-order valence-electron chi connectivity index (χ1n) is 8.29. The maximum absolute atomic E-state index is 11.9. The van der Waals surface area contributed by atoms with Gasteiger partial charge < -0.3 is 19.3 Å². The van der Waals surface area contributed by atoms with E-state index in [2.05, 4.69) is 29.3 Å². The normalized spacial score (nSPS) is 12.1. The average Bonchev–Trinajstić information content (AvgIpc) is 3.08. The number of rotatable bonds is 8. The van der Waals surface area contributed by atoms with Crippen LogP contribution in [0.25, 0.3) is 11.4 Å². The SMILES string of the molecule is COc1ccc(-c2noc(CCC(=O)NC(C)C(C)C)n2)cc1OC. The van der Waals surface area contributed by atoms with Crippen LogP contribution >= 0.6 is 0 Å². The second-order valence-electron chi connectivity index (χ2n) is 6.18. The topological polar surface area (TPSA) is 86.5 Å². The monoisotopic (exact) mass is 347 g/mol. The van der Waals surface area contributed by atoms with Crippen molar-refractivity contribution in [2.45, 2.75) is 39.7 Å². The first kappa shape index (κ1) is 18.8. The first-order valence-corrected chi connectivity index (χ1v) is 8.29. The number of hydrogen-bond donors (Lipinski definition) is 1. The molecule has 7 heteroatoms. The molecule has 0 spiro atoms. The third-order valence-corrected chi connectivity index (χ3v) is 4.06. The lowest BCUT2D eigenvalue weighted by molar-refractivity contribution is -0.122. The molecule has 1 amide bonds. The van der Waals surface area contributed by atoms with Crippen LogP contribution in [0.4, 0.5) is 0 Å². The molecule has 1 aromatic heterocycles. The van der Waals surface area contributed by atoms with Crippen LogP contribution in [0.3, 0.4) is 0 Å². The molecule has 1 heterocycles. The van der Waals surface area contributed by atoms with Crippen LogP contribution in [-0.4, -0.2) is 36.3 Å². The minimum Gasteiger partial charge on any atom is -0.493 e. The fourth-order valence-electron chi connectivity index (χ4n) is 2.16. The van der Waals surface area contributed by atoms with Gasteiger partial charge in [-0.3, -0.25) is 4.79 Å². The Balaban J connectivity index is 1.99. The van der Waals surface area contributed by atoms with Crippen LogP contribution in [-0.2, 0) is 11.2 Å². The van der Waals surface area contributed by atoms with Gasteiger partial charge in [0.05, 0.1) is 14.2 Å². The van der Waals surface area contributed by atoms with Crippen LogP contribution in [0.1, 0.15) is 33.1 Å². The van der Waals surface area contributed by atoms with Crippen LogP contribution in [0, 0.1) is 5.92 Å². The molecule has 7 nitrogen and oxygen atoms in total. The van der Waals surface area contributed by atoms with Crippen molar-refractivity contribution in [3.63, 3.8) is 0 Å². The number of hydrogen-bond acceptors (Lipinski definition) is 6. The van der Waals surface area contributed by atoms with E-state index < -0.39 is 0 Å². The summed E-state index contributed by atoms with van der Waals surface area (Å²) in [5.74, 6) is 2.47. The largest absolute Gasteiger partial charge is 0.493 e. The van der Waals surface area contributed by atoms with Crippen LogP contribution in [0.2, 0.25) is 0 Å². The Morgan fingerprint density at radius 3 is 2.56 bits per heavy atom. The number of benzene rings is 1. The van der Waals surface area contributed by atoms with E-state index in [0.717, 1.165) is 5.56 Å². The lowest BCUT2D eigenvalue weighted by atomic mass is 10.1. The molecule has 0 aliphatic rings. The second-order valence-corrected chi connectivity index (χ2v) is 6.18. The number of aryl methyl sites for hydroxylation is 1. The highest BCUT2D eigenvalue weighted by molar-refractivity contribution is 5.76. The van der Waals surface area contributed by atoms with Crippen LogP contribution in [0.5, 0.6) is 11.5 Å². The summed E-state index contributed by atoms with van der Waals surface area (Å²) in [4.78, 5) is 16.3. The van der Waals surface area contributed by atoms with E-state index >= 15 is 0 Å². The minimum absolute atomic E-state index is 0.0212. The average molecular weight is 347 g/mol. The summed E-state index contributed by atoms with van der Waals surface area (Å²) in [6, 6.07) is 5.53. The smallest absolute Gasteiger partial charge is 0.227 e. The van der Waals surface area contributed by atoms with Gasteiger partial charge in [-0.25, -0.2) is 0 Å². The van der Waals surface area contributed by atoms with E-state index in [-0.39, 0.29) is 11.9 Å². The Morgan fingerprint density at radius 1 is 1.20 bits per heavy atom. The first-order chi connectivity index (χ1) is 11.9. The number of carbonyl (C=O) groups is 1. The maximum atomic E-state index is 11.9. The van der Waals surface area contributed by atoms with Gasteiger partial charge >= 0.3 is 0 Å².